The number of hydrogen-bond donors (Lipinski definition) is 3. The van der Waals surface area contributed by atoms with Gasteiger partial charge in [0.05, 0.1) is 4.90 Å². The molecule has 0 spiro atoms. The highest BCUT2D eigenvalue weighted by molar-refractivity contribution is 7.92. The molecule has 0 radical (unpaired) electrons. The lowest BCUT2D eigenvalue weighted by atomic mass is 10.0. The monoisotopic (exact) mass is 515 g/mol. The van der Waals surface area contributed by atoms with Gasteiger partial charge in [-0.15, -0.1) is 0 Å². The molecule has 9 heteroatoms. The summed E-state index contributed by atoms with van der Waals surface area (Å²) in [6, 6.07) is 11.7. The van der Waals surface area contributed by atoms with E-state index in [0.717, 1.165) is 42.7 Å². The molecule has 2 aromatic carbocycles. The summed E-state index contributed by atoms with van der Waals surface area (Å²) in [6.07, 6.45) is 2.94. The number of rotatable bonds is 12. The largest absolute Gasteiger partial charge is 0.446 e. The molecule has 0 heterocycles. The summed E-state index contributed by atoms with van der Waals surface area (Å²) in [7, 11) is 6.19. The molecule has 0 aliphatic rings. The van der Waals surface area contributed by atoms with E-state index in [9.17, 15) is 8.42 Å². The van der Waals surface area contributed by atoms with Crippen LogP contribution in [-0.2, 0) is 14.8 Å². The van der Waals surface area contributed by atoms with Crippen molar-refractivity contribution in [2.24, 2.45) is 0 Å². The lowest BCUT2D eigenvalue weighted by Crippen LogP contribution is -2.28. The minimum absolute atomic E-state index is 0.130. The van der Waals surface area contributed by atoms with Crippen molar-refractivity contribution >= 4 is 33.4 Å². The number of ether oxygens (including phenoxy) is 1. The Morgan fingerprint density at radius 1 is 1.08 bits per heavy atom. The highest BCUT2D eigenvalue weighted by Crippen LogP contribution is 2.25. The van der Waals surface area contributed by atoms with Crippen LogP contribution in [0.15, 0.2) is 60.0 Å². The van der Waals surface area contributed by atoms with E-state index in [4.69, 9.17) is 10.1 Å². The highest BCUT2D eigenvalue weighted by Gasteiger charge is 2.15. The Balaban J connectivity index is 0.00000205. The molecule has 0 aliphatic carbocycles. The van der Waals surface area contributed by atoms with Gasteiger partial charge in [0.25, 0.3) is 10.0 Å². The van der Waals surface area contributed by atoms with Crippen molar-refractivity contribution in [3.63, 3.8) is 0 Å². The number of nitrogens with one attached hydrogen (secondary N) is 3. The van der Waals surface area contributed by atoms with Crippen LogP contribution in [0, 0.1) is 12.3 Å². The minimum Gasteiger partial charge on any atom is -0.446 e. The molecule has 0 aromatic heterocycles. The van der Waals surface area contributed by atoms with Gasteiger partial charge in [0, 0.05) is 30.9 Å². The van der Waals surface area contributed by atoms with Crippen LogP contribution >= 0.6 is 0 Å². The molecule has 0 fully saturated rings. The van der Waals surface area contributed by atoms with Crippen molar-refractivity contribution in [1.82, 2.24) is 15.1 Å². The Morgan fingerprint density at radius 3 is 2.25 bits per heavy atom. The van der Waals surface area contributed by atoms with Crippen molar-refractivity contribution in [2.75, 3.05) is 59.6 Å². The summed E-state index contributed by atoms with van der Waals surface area (Å²) in [4.78, 5) is 4.53. The van der Waals surface area contributed by atoms with Crippen molar-refractivity contribution in [2.45, 2.75) is 18.7 Å². The Morgan fingerprint density at radius 2 is 1.69 bits per heavy atom. The van der Waals surface area contributed by atoms with E-state index in [0.29, 0.717) is 11.3 Å². The third kappa shape index (κ3) is 10.3. The van der Waals surface area contributed by atoms with Gasteiger partial charge in [0.15, 0.2) is 6.40 Å². The molecule has 0 amide bonds. The van der Waals surface area contributed by atoms with Crippen LogP contribution in [0.4, 0.5) is 5.69 Å². The fourth-order valence-electron chi connectivity index (χ4n) is 3.15. The van der Waals surface area contributed by atoms with Gasteiger partial charge >= 0.3 is 0 Å². The Labute approximate surface area is 217 Å². The highest BCUT2D eigenvalue weighted by atomic mass is 32.2. The zero-order chi connectivity index (χ0) is 27.3. The average Bonchev–Trinajstić information content (AvgIpc) is 2.83. The molecule has 0 atom stereocenters. The smallest absolute Gasteiger partial charge is 0.261 e. The first-order valence-electron chi connectivity index (χ1n) is 11.6. The fourth-order valence-corrected chi connectivity index (χ4v) is 4.20. The molecular formula is C27H41N5O3S. The van der Waals surface area contributed by atoms with Crippen LogP contribution in [-0.4, -0.2) is 79.5 Å². The van der Waals surface area contributed by atoms with Crippen LogP contribution in [0.2, 0.25) is 0 Å². The van der Waals surface area contributed by atoms with E-state index in [1.807, 2.05) is 40.1 Å². The molecule has 3 N–H and O–H groups in total. The topological polar surface area (TPSA) is 97.8 Å². The van der Waals surface area contributed by atoms with Gasteiger partial charge in [0.2, 0.25) is 0 Å². The number of hydrogen-bond acceptors (Lipinski definition) is 7. The summed E-state index contributed by atoms with van der Waals surface area (Å²) in [5, 5.41) is 9.72. The third-order valence-electron chi connectivity index (χ3n) is 5.24. The second-order valence-electron chi connectivity index (χ2n) is 8.77. The normalized spacial score (nSPS) is 11.6. The van der Waals surface area contributed by atoms with Gasteiger partial charge in [-0.05, 0) is 102 Å². The van der Waals surface area contributed by atoms with Crippen LogP contribution in [0.5, 0.6) is 0 Å². The lowest BCUT2D eigenvalue weighted by Gasteiger charge is -2.18. The van der Waals surface area contributed by atoms with Gasteiger partial charge in [-0.3, -0.25) is 10.1 Å². The molecule has 0 saturated heterocycles. The Kier molecular flexibility index (Phi) is 13.1. The number of benzene rings is 2. The molecule has 2 aromatic rings. The van der Waals surface area contributed by atoms with E-state index in [-0.39, 0.29) is 10.7 Å². The summed E-state index contributed by atoms with van der Waals surface area (Å²) in [5.41, 5.74) is 4.29. The van der Waals surface area contributed by atoms with Crippen molar-refractivity contribution in [3.8, 4) is 0 Å². The molecule has 8 nitrogen and oxygen atoms in total. The molecule has 0 bridgehead atoms. The molecular weight excluding hydrogens is 474 g/mol. The third-order valence-corrected chi connectivity index (χ3v) is 6.64. The van der Waals surface area contributed by atoms with Crippen molar-refractivity contribution < 1.29 is 13.2 Å². The molecule has 0 unspecified atom stereocenters. The van der Waals surface area contributed by atoms with Gasteiger partial charge < -0.3 is 19.9 Å². The maximum Gasteiger partial charge on any atom is 0.261 e. The standard InChI is InChI=1S/C25H34N4O3S.C2H7N/c1-19-7-10-23(17-25(19)20(2)13-14-29(6)16-15-28(4)5)27-33(30,31)24-11-8-22(9-12-24)21(3)32-18-26;1-3-2/h7-13,17-18,26-27H,3,14-16H2,1-2,4-6H3;3H,1-2H3/b20-13-,26-18?;. The maximum atomic E-state index is 12.9. The molecule has 2 rings (SSSR count). The van der Waals surface area contributed by atoms with Crippen molar-refractivity contribution in [1.29, 1.82) is 5.41 Å². The van der Waals surface area contributed by atoms with Crippen LogP contribution in [0.3, 0.4) is 0 Å². The molecule has 0 saturated carbocycles. The first kappa shape index (κ1) is 31.1. The summed E-state index contributed by atoms with van der Waals surface area (Å²) < 4.78 is 33.4. The first-order valence-corrected chi connectivity index (χ1v) is 13.1. The minimum atomic E-state index is -3.76. The second kappa shape index (κ2) is 15.2. The lowest BCUT2D eigenvalue weighted by molar-refractivity contribution is 0.302. The predicted octanol–water partition coefficient (Wildman–Crippen LogP) is 4.12. The number of anilines is 1. The van der Waals surface area contributed by atoms with Crippen LogP contribution < -0.4 is 10.0 Å². The van der Waals surface area contributed by atoms with E-state index >= 15 is 0 Å². The predicted molar refractivity (Wildman–Crippen MR) is 152 cm³/mol. The zero-order valence-corrected chi connectivity index (χ0v) is 23.4. The van der Waals surface area contributed by atoms with Gasteiger partial charge in [-0.25, -0.2) is 8.42 Å². The van der Waals surface area contributed by atoms with E-state index in [2.05, 4.69) is 53.6 Å². The second-order valence-corrected chi connectivity index (χ2v) is 10.5. The van der Waals surface area contributed by atoms with Gasteiger partial charge in [-0.2, -0.15) is 0 Å². The Hall–Kier alpha value is -2.98. The summed E-state index contributed by atoms with van der Waals surface area (Å²) >= 11 is 0. The molecule has 0 aliphatic heterocycles. The van der Waals surface area contributed by atoms with Crippen LogP contribution in [0.1, 0.15) is 23.6 Å². The maximum absolute atomic E-state index is 12.9. The van der Waals surface area contributed by atoms with Crippen LogP contribution in [0.25, 0.3) is 11.3 Å². The first-order chi connectivity index (χ1) is 16.9. The fraction of sp³-hybridized carbons (Fsp3) is 0.370. The van der Waals surface area contributed by atoms with E-state index < -0.39 is 10.0 Å². The van der Waals surface area contributed by atoms with E-state index in [1.54, 1.807) is 18.2 Å². The number of sulfonamides is 1. The Bertz CT molecular complexity index is 1130. The summed E-state index contributed by atoms with van der Waals surface area (Å²) in [6.45, 7) is 10.5. The van der Waals surface area contributed by atoms with Gasteiger partial charge in [-0.1, -0.05) is 18.7 Å². The van der Waals surface area contributed by atoms with Gasteiger partial charge in [0.1, 0.15) is 5.76 Å². The summed E-state index contributed by atoms with van der Waals surface area (Å²) in [5.74, 6) is 0.278. The average molecular weight is 516 g/mol. The zero-order valence-electron chi connectivity index (χ0n) is 22.6. The quantitative estimate of drug-likeness (QED) is 0.223. The number of allylic oxidation sites excluding steroid dienone is 1. The van der Waals surface area contributed by atoms with E-state index in [1.165, 1.54) is 12.1 Å². The SMILES string of the molecule is C=C(OC=N)c1ccc(S(=O)(=O)Nc2ccc(C)c(/C(C)=C\CN(C)CCN(C)C)c2)cc1.CNC. The van der Waals surface area contributed by atoms with Crippen molar-refractivity contribution in [3.05, 3.63) is 71.8 Å². The number of likely N-dealkylation sites (N-methyl/N-ethyl adjacent to an activating group) is 2. The molecule has 198 valence electrons. The number of nitrogens with zero attached hydrogens (tertiary/aromatic N) is 2. The molecule has 36 heavy (non-hydrogen) atoms. The number of aryl methyl sites for hydroxylation is 1.